The number of nitrogens with one attached hydrogen (secondary N) is 2. The maximum absolute atomic E-state index is 13.4. The van der Waals surface area contributed by atoms with E-state index >= 15 is 0 Å². The summed E-state index contributed by atoms with van der Waals surface area (Å²) in [6.07, 6.45) is -3.60. The maximum Gasteiger partial charge on any atom is 0.435 e. The van der Waals surface area contributed by atoms with E-state index < -0.39 is 36.0 Å². The Hall–Kier alpha value is -2.56. The van der Waals surface area contributed by atoms with Gasteiger partial charge in [-0.3, -0.25) is 25.1 Å². The van der Waals surface area contributed by atoms with Crippen LogP contribution in [-0.2, 0) is 22.3 Å². The molecule has 1 heterocycles. The van der Waals surface area contributed by atoms with E-state index in [0.29, 0.717) is 0 Å². The third-order valence-electron chi connectivity index (χ3n) is 2.77. The summed E-state index contributed by atoms with van der Waals surface area (Å²) < 4.78 is 51.3. The highest BCUT2D eigenvalue weighted by Gasteiger charge is 2.33. The monoisotopic (exact) mass is 376 g/mol. The molecule has 0 saturated heterocycles. The lowest BCUT2D eigenvalue weighted by atomic mass is 10.3. The van der Waals surface area contributed by atoms with Gasteiger partial charge in [0.15, 0.2) is 5.69 Å². The Kier molecular flexibility index (Phi) is 6.02. The SMILES string of the molecule is O=C(CSc1ccccc1F)NNC(=O)Cn1ccc(C(F)(F)F)n1. The Morgan fingerprint density at radius 1 is 1.12 bits per heavy atom. The van der Waals surface area contributed by atoms with Gasteiger partial charge < -0.3 is 0 Å². The molecule has 2 aromatic rings. The predicted octanol–water partition coefficient (Wildman–Crippen LogP) is 1.98. The number of hydrogen-bond acceptors (Lipinski definition) is 4. The number of benzene rings is 1. The fraction of sp³-hybridized carbons (Fsp3) is 0.214. The number of thioether (sulfide) groups is 1. The number of alkyl halides is 3. The molecule has 11 heteroatoms. The van der Waals surface area contributed by atoms with E-state index in [1.54, 1.807) is 6.07 Å². The minimum Gasteiger partial charge on any atom is -0.272 e. The van der Waals surface area contributed by atoms with E-state index in [9.17, 15) is 27.2 Å². The van der Waals surface area contributed by atoms with Gasteiger partial charge >= 0.3 is 6.18 Å². The first-order valence-electron chi connectivity index (χ1n) is 6.81. The van der Waals surface area contributed by atoms with Crippen molar-refractivity contribution in [1.82, 2.24) is 20.6 Å². The van der Waals surface area contributed by atoms with Crippen LogP contribution in [0.3, 0.4) is 0 Å². The van der Waals surface area contributed by atoms with Gasteiger partial charge in [-0.1, -0.05) is 12.1 Å². The van der Waals surface area contributed by atoms with Crippen LogP contribution in [0.25, 0.3) is 0 Å². The maximum atomic E-state index is 13.4. The van der Waals surface area contributed by atoms with Crippen LogP contribution in [0.1, 0.15) is 5.69 Å². The highest BCUT2D eigenvalue weighted by Crippen LogP contribution is 2.27. The summed E-state index contributed by atoms with van der Waals surface area (Å²) in [5, 5.41) is 3.21. The van der Waals surface area contributed by atoms with E-state index in [2.05, 4.69) is 10.5 Å². The molecule has 0 unspecified atom stereocenters. The molecule has 0 bridgehead atoms. The minimum absolute atomic E-state index is 0.152. The van der Waals surface area contributed by atoms with Crippen molar-refractivity contribution in [2.24, 2.45) is 0 Å². The van der Waals surface area contributed by atoms with Gasteiger partial charge in [0, 0.05) is 11.1 Å². The lowest BCUT2D eigenvalue weighted by Gasteiger charge is -2.08. The molecule has 0 radical (unpaired) electrons. The van der Waals surface area contributed by atoms with Gasteiger partial charge in [0.25, 0.3) is 5.91 Å². The second-order valence-electron chi connectivity index (χ2n) is 4.71. The number of halogens is 4. The molecule has 1 aromatic heterocycles. The third-order valence-corrected chi connectivity index (χ3v) is 3.82. The molecule has 0 saturated carbocycles. The molecule has 0 spiro atoms. The zero-order chi connectivity index (χ0) is 18.4. The van der Waals surface area contributed by atoms with Crippen molar-refractivity contribution in [2.45, 2.75) is 17.6 Å². The molecule has 0 aliphatic rings. The molecular weight excluding hydrogens is 364 g/mol. The van der Waals surface area contributed by atoms with Crippen molar-refractivity contribution >= 4 is 23.6 Å². The van der Waals surface area contributed by atoms with Crippen LogP contribution >= 0.6 is 11.8 Å². The first kappa shape index (κ1) is 18.8. The molecule has 6 nitrogen and oxygen atoms in total. The van der Waals surface area contributed by atoms with Crippen LogP contribution in [0.15, 0.2) is 41.4 Å². The average Bonchev–Trinajstić information content (AvgIpc) is 3.01. The number of rotatable bonds is 5. The summed E-state index contributed by atoms with van der Waals surface area (Å²) in [6.45, 7) is -0.503. The summed E-state index contributed by atoms with van der Waals surface area (Å²) in [6, 6.07) is 6.61. The van der Waals surface area contributed by atoms with E-state index in [1.165, 1.54) is 18.2 Å². The lowest BCUT2D eigenvalue weighted by molar-refractivity contribution is -0.141. The fourth-order valence-electron chi connectivity index (χ4n) is 1.67. The number of carbonyl (C=O) groups is 2. The van der Waals surface area contributed by atoms with Crippen LogP contribution in [0.2, 0.25) is 0 Å². The van der Waals surface area contributed by atoms with Gasteiger partial charge in [-0.25, -0.2) is 4.39 Å². The van der Waals surface area contributed by atoms with Gasteiger partial charge in [-0.15, -0.1) is 11.8 Å². The molecule has 2 rings (SSSR count). The number of carbonyl (C=O) groups excluding carboxylic acids is 2. The number of hydrogen-bond donors (Lipinski definition) is 2. The second kappa shape index (κ2) is 8.01. The molecule has 0 fully saturated rings. The smallest absolute Gasteiger partial charge is 0.272 e. The van der Waals surface area contributed by atoms with E-state index in [1.807, 2.05) is 5.43 Å². The Balaban J connectivity index is 1.75. The Morgan fingerprint density at radius 3 is 2.44 bits per heavy atom. The zero-order valence-electron chi connectivity index (χ0n) is 12.5. The van der Waals surface area contributed by atoms with Gasteiger partial charge in [0.2, 0.25) is 5.91 Å². The van der Waals surface area contributed by atoms with Crippen molar-refractivity contribution in [2.75, 3.05) is 5.75 Å². The van der Waals surface area contributed by atoms with Crippen molar-refractivity contribution < 1.29 is 27.2 Å². The number of hydrazine groups is 1. The van der Waals surface area contributed by atoms with Crippen LogP contribution in [0, 0.1) is 5.82 Å². The number of aromatic nitrogens is 2. The summed E-state index contributed by atoms with van der Waals surface area (Å²) >= 11 is 0.936. The van der Waals surface area contributed by atoms with Crippen LogP contribution in [0.4, 0.5) is 17.6 Å². The molecular formula is C14H12F4N4O2S. The van der Waals surface area contributed by atoms with Crippen LogP contribution in [-0.4, -0.2) is 27.3 Å². The predicted molar refractivity (Wildman–Crippen MR) is 80.6 cm³/mol. The average molecular weight is 376 g/mol. The molecule has 2 N–H and O–H groups in total. The standard InChI is InChI=1S/C14H12F4N4O2S/c15-9-3-1-2-4-10(9)25-8-13(24)20-19-12(23)7-22-6-5-11(21-22)14(16,17)18/h1-6H,7-8H2,(H,19,23)(H,20,24). The lowest BCUT2D eigenvalue weighted by Crippen LogP contribution is -2.44. The molecule has 1 aromatic carbocycles. The Labute approximate surface area is 143 Å². The van der Waals surface area contributed by atoms with Crippen LogP contribution < -0.4 is 10.9 Å². The highest BCUT2D eigenvalue weighted by atomic mass is 32.2. The normalized spacial score (nSPS) is 11.2. The van der Waals surface area contributed by atoms with Crippen molar-refractivity contribution in [3.05, 3.63) is 48.0 Å². The highest BCUT2D eigenvalue weighted by molar-refractivity contribution is 8.00. The molecule has 0 atom stereocenters. The summed E-state index contributed by atoms with van der Waals surface area (Å²) in [5.41, 5.74) is 3.01. The Morgan fingerprint density at radius 2 is 1.80 bits per heavy atom. The summed E-state index contributed by atoms with van der Waals surface area (Å²) in [5.74, 6) is -1.98. The molecule has 25 heavy (non-hydrogen) atoms. The first-order valence-corrected chi connectivity index (χ1v) is 7.80. The second-order valence-corrected chi connectivity index (χ2v) is 5.73. The van der Waals surface area contributed by atoms with E-state index in [-0.39, 0.29) is 10.6 Å². The molecule has 0 aliphatic heterocycles. The molecule has 134 valence electrons. The Bertz CT molecular complexity index is 763. The topological polar surface area (TPSA) is 76.0 Å². The van der Waals surface area contributed by atoms with E-state index in [4.69, 9.17) is 0 Å². The fourth-order valence-corrected chi connectivity index (χ4v) is 2.41. The zero-order valence-corrected chi connectivity index (χ0v) is 13.3. The largest absolute Gasteiger partial charge is 0.435 e. The van der Waals surface area contributed by atoms with Crippen molar-refractivity contribution in [1.29, 1.82) is 0 Å². The number of amides is 2. The minimum atomic E-state index is -4.60. The van der Waals surface area contributed by atoms with Crippen molar-refractivity contribution in [3.8, 4) is 0 Å². The summed E-state index contributed by atoms with van der Waals surface area (Å²) in [7, 11) is 0. The quantitative estimate of drug-likeness (QED) is 0.475. The number of nitrogens with zero attached hydrogens (tertiary/aromatic N) is 2. The van der Waals surface area contributed by atoms with Gasteiger partial charge in [-0.2, -0.15) is 18.3 Å². The summed E-state index contributed by atoms with van der Waals surface area (Å²) in [4.78, 5) is 23.4. The molecule has 0 aliphatic carbocycles. The van der Waals surface area contributed by atoms with Gasteiger partial charge in [0.1, 0.15) is 12.4 Å². The first-order chi connectivity index (χ1) is 11.8. The van der Waals surface area contributed by atoms with Crippen molar-refractivity contribution in [3.63, 3.8) is 0 Å². The molecule has 2 amide bonds. The van der Waals surface area contributed by atoms with E-state index in [0.717, 1.165) is 28.7 Å². The van der Waals surface area contributed by atoms with Gasteiger partial charge in [-0.05, 0) is 18.2 Å². The van der Waals surface area contributed by atoms with Crippen LogP contribution in [0.5, 0.6) is 0 Å². The van der Waals surface area contributed by atoms with Gasteiger partial charge in [0.05, 0.1) is 5.75 Å². The third kappa shape index (κ3) is 5.78.